The average molecular weight is 282 g/mol. The van der Waals surface area contributed by atoms with Gasteiger partial charge in [0.05, 0.1) is 0 Å². The van der Waals surface area contributed by atoms with Gasteiger partial charge in [-0.3, -0.25) is 0 Å². The van der Waals surface area contributed by atoms with Gasteiger partial charge >= 0.3 is 0 Å². The second-order valence-electron chi connectivity index (χ2n) is 2.19. The van der Waals surface area contributed by atoms with Crippen molar-refractivity contribution >= 4 is 23.0 Å². The standard InChI is InChI=1S/C7H7IO4/c1-5-2-3-6(11-12-8)7(4-5)10-9/h2-4,9H,1H3. The monoisotopic (exact) mass is 282 g/mol. The molecule has 0 radical (unpaired) electrons. The van der Waals surface area contributed by atoms with E-state index in [1.807, 2.05) is 13.0 Å². The van der Waals surface area contributed by atoms with E-state index in [1.54, 1.807) is 35.1 Å². The molecule has 12 heavy (non-hydrogen) atoms. The molecule has 1 rings (SSSR count). The SMILES string of the molecule is Cc1ccc(OOI)c(OO)c1. The van der Waals surface area contributed by atoms with Crippen LogP contribution in [0.3, 0.4) is 0 Å². The molecule has 0 unspecified atom stereocenters. The molecule has 4 nitrogen and oxygen atoms in total. The normalized spacial score (nSPS) is 9.58. The van der Waals surface area contributed by atoms with Gasteiger partial charge in [-0.15, -0.1) is 3.22 Å². The van der Waals surface area contributed by atoms with Crippen LogP contribution in [-0.2, 0) is 3.22 Å². The van der Waals surface area contributed by atoms with Crippen LogP contribution in [0.1, 0.15) is 5.56 Å². The molecule has 66 valence electrons. The van der Waals surface area contributed by atoms with Gasteiger partial charge in [-0.05, 0) is 24.6 Å². The molecule has 0 heterocycles. The maximum absolute atomic E-state index is 8.43. The molecule has 0 aliphatic carbocycles. The fraction of sp³-hybridized carbons (Fsp3) is 0.143. The van der Waals surface area contributed by atoms with Crippen LogP contribution in [-0.4, -0.2) is 5.26 Å². The molecule has 0 saturated carbocycles. The van der Waals surface area contributed by atoms with Gasteiger partial charge in [-0.25, -0.2) is 5.26 Å². The lowest BCUT2D eigenvalue weighted by atomic mass is 10.2. The van der Waals surface area contributed by atoms with Gasteiger partial charge in [0.1, 0.15) is 0 Å². The molecule has 1 aromatic carbocycles. The zero-order valence-corrected chi connectivity index (χ0v) is 8.44. The lowest BCUT2D eigenvalue weighted by Crippen LogP contribution is -1.92. The van der Waals surface area contributed by atoms with Crippen molar-refractivity contribution in [3.63, 3.8) is 0 Å². The van der Waals surface area contributed by atoms with Crippen molar-refractivity contribution in [3.8, 4) is 11.5 Å². The van der Waals surface area contributed by atoms with E-state index in [9.17, 15) is 0 Å². The molecule has 0 amide bonds. The Morgan fingerprint density at radius 2 is 2.08 bits per heavy atom. The number of halogens is 1. The summed E-state index contributed by atoms with van der Waals surface area (Å²) in [5.74, 6) is 0.559. The molecule has 0 fully saturated rings. The topological polar surface area (TPSA) is 47.9 Å². The van der Waals surface area contributed by atoms with Gasteiger partial charge < -0.3 is 9.78 Å². The van der Waals surface area contributed by atoms with Crippen LogP contribution in [0.25, 0.3) is 0 Å². The van der Waals surface area contributed by atoms with E-state index in [1.165, 1.54) is 0 Å². The molecule has 0 aromatic heterocycles. The number of hydrogen-bond acceptors (Lipinski definition) is 4. The third-order valence-corrected chi connectivity index (χ3v) is 1.50. The number of aryl methyl sites for hydroxylation is 1. The highest BCUT2D eigenvalue weighted by Gasteiger charge is 2.05. The quantitative estimate of drug-likeness (QED) is 0.525. The van der Waals surface area contributed by atoms with Crippen LogP contribution < -0.4 is 9.78 Å². The first-order valence-electron chi connectivity index (χ1n) is 3.15. The Hall–Kier alpha value is -0.530. The van der Waals surface area contributed by atoms with Crippen molar-refractivity contribution in [3.05, 3.63) is 23.8 Å². The third-order valence-electron chi connectivity index (χ3n) is 1.32. The maximum Gasteiger partial charge on any atom is 0.212 e. The Labute approximate surface area is 83.6 Å². The largest absolute Gasteiger partial charge is 0.336 e. The highest BCUT2D eigenvalue weighted by atomic mass is 127. The molecule has 0 bridgehead atoms. The van der Waals surface area contributed by atoms with E-state index >= 15 is 0 Å². The highest BCUT2D eigenvalue weighted by molar-refractivity contribution is 14.1. The fourth-order valence-electron chi connectivity index (χ4n) is 0.789. The predicted molar refractivity (Wildman–Crippen MR) is 50.2 cm³/mol. The summed E-state index contributed by atoms with van der Waals surface area (Å²) < 4.78 is 4.39. The Kier molecular flexibility index (Phi) is 3.57. The van der Waals surface area contributed by atoms with E-state index < -0.39 is 0 Å². The van der Waals surface area contributed by atoms with Crippen LogP contribution >= 0.6 is 23.0 Å². The zero-order chi connectivity index (χ0) is 8.97. The summed E-state index contributed by atoms with van der Waals surface area (Å²) in [5.41, 5.74) is 0.958. The Balaban J connectivity index is 2.94. The van der Waals surface area contributed by atoms with Crippen molar-refractivity contribution in [2.75, 3.05) is 0 Å². The highest BCUT2D eigenvalue weighted by Crippen LogP contribution is 2.28. The fourth-order valence-corrected chi connectivity index (χ4v) is 0.983. The van der Waals surface area contributed by atoms with Crippen LogP contribution in [0.4, 0.5) is 0 Å². The Morgan fingerprint density at radius 1 is 1.33 bits per heavy atom. The van der Waals surface area contributed by atoms with E-state index in [2.05, 4.69) is 13.0 Å². The summed E-state index contributed by atoms with van der Waals surface area (Å²) in [6.45, 7) is 1.87. The Morgan fingerprint density at radius 3 is 2.67 bits per heavy atom. The molecule has 5 heteroatoms. The Bertz CT molecular complexity index is 264. The third kappa shape index (κ3) is 2.23. The molecule has 0 saturated heterocycles. The number of hydrogen-bond donors (Lipinski definition) is 1. The van der Waals surface area contributed by atoms with Crippen molar-refractivity contribution in [2.24, 2.45) is 0 Å². The average Bonchev–Trinajstić information content (AvgIpc) is 2.08. The van der Waals surface area contributed by atoms with Crippen molar-refractivity contribution in [1.29, 1.82) is 0 Å². The van der Waals surface area contributed by atoms with Gasteiger partial charge in [0.2, 0.25) is 11.5 Å². The lowest BCUT2D eigenvalue weighted by Gasteiger charge is -2.04. The van der Waals surface area contributed by atoms with Gasteiger partial charge in [-0.2, -0.15) is 0 Å². The summed E-state index contributed by atoms with van der Waals surface area (Å²) >= 11 is 1.57. The molecule has 1 aromatic rings. The summed E-state index contributed by atoms with van der Waals surface area (Å²) in [5, 5.41) is 8.43. The van der Waals surface area contributed by atoms with Gasteiger partial charge in [-0.1, -0.05) is 6.07 Å². The molecule has 1 N–H and O–H groups in total. The minimum absolute atomic E-state index is 0.228. The van der Waals surface area contributed by atoms with Crippen LogP contribution in [0, 0.1) is 6.92 Å². The van der Waals surface area contributed by atoms with Gasteiger partial charge in [0.25, 0.3) is 0 Å². The van der Waals surface area contributed by atoms with Gasteiger partial charge in [0, 0.05) is 0 Å². The maximum atomic E-state index is 8.43. The summed E-state index contributed by atoms with van der Waals surface area (Å²) in [6.07, 6.45) is 0. The predicted octanol–water partition coefficient (Wildman–Crippen LogP) is 2.51. The van der Waals surface area contributed by atoms with Crippen LogP contribution in [0.2, 0.25) is 0 Å². The first-order valence-corrected chi connectivity index (χ1v) is 4.03. The zero-order valence-electron chi connectivity index (χ0n) is 6.28. The molecule has 0 spiro atoms. The first kappa shape index (κ1) is 9.56. The number of rotatable bonds is 3. The molecule has 0 atom stereocenters. The molecule has 0 aliphatic rings. The molecular formula is C7H7IO4. The van der Waals surface area contributed by atoms with E-state index in [0.29, 0.717) is 5.75 Å². The van der Waals surface area contributed by atoms with Crippen molar-refractivity contribution in [1.82, 2.24) is 0 Å². The minimum Gasteiger partial charge on any atom is -0.336 e. The lowest BCUT2D eigenvalue weighted by molar-refractivity contribution is -0.145. The van der Waals surface area contributed by atoms with Crippen molar-refractivity contribution in [2.45, 2.75) is 6.92 Å². The summed E-state index contributed by atoms with van der Waals surface area (Å²) in [6, 6.07) is 5.08. The van der Waals surface area contributed by atoms with Crippen LogP contribution in [0.5, 0.6) is 11.5 Å². The van der Waals surface area contributed by atoms with E-state index in [-0.39, 0.29) is 5.75 Å². The first-order chi connectivity index (χ1) is 5.77. The second kappa shape index (κ2) is 4.48. The van der Waals surface area contributed by atoms with E-state index in [0.717, 1.165) is 5.56 Å². The van der Waals surface area contributed by atoms with Crippen molar-refractivity contribution < 1.29 is 18.2 Å². The minimum atomic E-state index is 0.228. The van der Waals surface area contributed by atoms with E-state index in [4.69, 9.17) is 5.26 Å². The molecule has 0 aliphatic heterocycles. The second-order valence-corrected chi connectivity index (χ2v) is 2.55. The van der Waals surface area contributed by atoms with Crippen LogP contribution in [0.15, 0.2) is 18.2 Å². The smallest absolute Gasteiger partial charge is 0.212 e. The number of benzene rings is 1. The summed E-state index contributed by atoms with van der Waals surface area (Å²) in [4.78, 5) is 8.75. The van der Waals surface area contributed by atoms with Gasteiger partial charge in [0.15, 0.2) is 23.0 Å². The molecular weight excluding hydrogens is 275 g/mol. The summed E-state index contributed by atoms with van der Waals surface area (Å²) in [7, 11) is 0.